The highest BCUT2D eigenvalue weighted by atomic mass is 32.1. The van der Waals surface area contributed by atoms with E-state index in [0.717, 1.165) is 4.88 Å². The molecular weight excluding hydrogens is 506 g/mol. The second kappa shape index (κ2) is 12.1. The molecular formula is C25H26F2N4O5S. The Balaban J connectivity index is 1.41. The molecule has 1 fully saturated rings. The van der Waals surface area contributed by atoms with Crippen molar-refractivity contribution in [3.8, 4) is 10.6 Å². The molecule has 2 N–H and O–H groups in total. The number of hydrogen-bond donors (Lipinski definition) is 2. The molecule has 0 aliphatic carbocycles. The number of rotatable bonds is 10. The van der Waals surface area contributed by atoms with E-state index in [2.05, 4.69) is 15.6 Å². The Bertz CT molecular complexity index is 1200. The molecule has 196 valence electrons. The van der Waals surface area contributed by atoms with Crippen LogP contribution in [0, 0.1) is 0 Å². The Morgan fingerprint density at radius 2 is 1.86 bits per heavy atom. The van der Waals surface area contributed by atoms with Gasteiger partial charge in [-0.05, 0) is 17.0 Å². The molecule has 12 heteroatoms. The topological polar surface area (TPSA) is 114 Å². The van der Waals surface area contributed by atoms with Crippen LogP contribution in [0.15, 0.2) is 58.5 Å². The van der Waals surface area contributed by atoms with Crippen LogP contribution < -0.4 is 10.6 Å². The number of halogens is 2. The van der Waals surface area contributed by atoms with E-state index in [1.54, 1.807) is 36.4 Å². The van der Waals surface area contributed by atoms with Crippen molar-refractivity contribution < 1.29 is 32.3 Å². The number of benzene rings is 1. The minimum Gasteiger partial charge on any atom is -0.433 e. The Labute approximate surface area is 215 Å². The van der Waals surface area contributed by atoms with Gasteiger partial charge in [0.25, 0.3) is 11.8 Å². The maximum atomic E-state index is 15.0. The van der Waals surface area contributed by atoms with Crippen molar-refractivity contribution in [2.45, 2.75) is 24.8 Å². The average Bonchev–Trinajstić information content (AvgIpc) is 3.60. The molecule has 4 rings (SSSR count). The summed E-state index contributed by atoms with van der Waals surface area (Å²) in [6.07, 6.45) is -0.151. The molecule has 0 saturated carbocycles. The van der Waals surface area contributed by atoms with Gasteiger partial charge < -0.3 is 24.7 Å². The fourth-order valence-corrected chi connectivity index (χ4v) is 4.45. The van der Waals surface area contributed by atoms with Gasteiger partial charge in [0.05, 0.1) is 30.8 Å². The van der Waals surface area contributed by atoms with Gasteiger partial charge in [-0.1, -0.05) is 36.4 Å². The molecule has 1 unspecified atom stereocenters. The Hall–Kier alpha value is -3.64. The van der Waals surface area contributed by atoms with Crippen molar-refractivity contribution in [2.24, 2.45) is 0 Å². The molecule has 1 aliphatic rings. The van der Waals surface area contributed by atoms with Gasteiger partial charge in [0.15, 0.2) is 5.76 Å². The molecule has 1 saturated heterocycles. The number of oxazole rings is 1. The second-order valence-corrected chi connectivity index (χ2v) is 9.42. The number of alkyl halides is 2. The first-order valence-corrected chi connectivity index (χ1v) is 12.5. The lowest BCUT2D eigenvalue weighted by atomic mass is 10.00. The number of nitrogens with zero attached hydrogens (tertiary/aromatic N) is 2. The number of carbonyl (C=O) groups is 3. The number of hydrogen-bond acceptors (Lipinski definition) is 7. The van der Waals surface area contributed by atoms with Gasteiger partial charge in [0, 0.05) is 25.9 Å². The lowest BCUT2D eigenvalue weighted by Crippen LogP contribution is -2.55. The third-order valence-electron chi connectivity index (χ3n) is 5.65. The van der Waals surface area contributed by atoms with Crippen LogP contribution in [0.4, 0.5) is 13.6 Å². The quantitative estimate of drug-likeness (QED) is 0.387. The Morgan fingerprint density at radius 3 is 2.57 bits per heavy atom. The minimum absolute atomic E-state index is 0.216. The summed E-state index contributed by atoms with van der Waals surface area (Å²) in [5, 5.41) is 6.59. The largest absolute Gasteiger partial charge is 0.433 e. The van der Waals surface area contributed by atoms with Gasteiger partial charge in [0.1, 0.15) is 6.04 Å². The number of morpholine rings is 1. The van der Waals surface area contributed by atoms with E-state index in [-0.39, 0.29) is 19.0 Å². The molecule has 1 aromatic carbocycles. The van der Waals surface area contributed by atoms with Gasteiger partial charge in [-0.2, -0.15) is 0 Å². The van der Waals surface area contributed by atoms with Crippen molar-refractivity contribution in [2.75, 3.05) is 32.8 Å². The van der Waals surface area contributed by atoms with Crippen molar-refractivity contribution in [1.29, 1.82) is 0 Å². The molecule has 3 heterocycles. The van der Waals surface area contributed by atoms with Crippen LogP contribution in [0.5, 0.6) is 0 Å². The number of Topliss-reactive ketones (excluding diaryl/α,β-unsaturated/α-hetero) is 1. The van der Waals surface area contributed by atoms with Crippen molar-refractivity contribution in [1.82, 2.24) is 20.5 Å². The predicted molar refractivity (Wildman–Crippen MR) is 132 cm³/mol. The SMILES string of the molecule is O=C(CNC(=O)C(CC(F)(F)Cc1ccccc1)NC(=O)N1CCOCC1)c1ncc(-c2cccs2)o1. The van der Waals surface area contributed by atoms with E-state index in [1.807, 2.05) is 11.4 Å². The van der Waals surface area contributed by atoms with E-state index in [4.69, 9.17) is 9.15 Å². The maximum Gasteiger partial charge on any atom is 0.318 e. The standard InChI is InChI=1S/C25H26F2N4O5S/c26-25(27,13-17-5-2-1-3-6-17)14-18(30-24(34)31-8-10-35-11-9-31)22(33)28-15-19(32)23-29-16-20(36-23)21-7-4-12-37-21/h1-7,12,16,18H,8-11,13-15H2,(H,28,33)(H,30,34). The zero-order valence-electron chi connectivity index (χ0n) is 19.8. The first-order valence-electron chi connectivity index (χ1n) is 11.7. The molecule has 1 atom stereocenters. The molecule has 3 aromatic rings. The monoisotopic (exact) mass is 532 g/mol. The van der Waals surface area contributed by atoms with Crippen LogP contribution in [0.25, 0.3) is 10.6 Å². The zero-order valence-corrected chi connectivity index (χ0v) is 20.6. The number of amides is 3. The van der Waals surface area contributed by atoms with Crippen LogP contribution in [0.3, 0.4) is 0 Å². The van der Waals surface area contributed by atoms with Crippen LogP contribution in [-0.4, -0.2) is 72.4 Å². The van der Waals surface area contributed by atoms with Gasteiger partial charge >= 0.3 is 6.03 Å². The third-order valence-corrected chi connectivity index (χ3v) is 6.54. The highest BCUT2D eigenvalue weighted by Crippen LogP contribution is 2.27. The van der Waals surface area contributed by atoms with E-state index in [1.165, 1.54) is 22.4 Å². The molecule has 9 nitrogen and oxygen atoms in total. The van der Waals surface area contributed by atoms with Crippen LogP contribution in [-0.2, 0) is 16.0 Å². The highest BCUT2D eigenvalue weighted by Gasteiger charge is 2.37. The first kappa shape index (κ1) is 26.4. The zero-order chi connectivity index (χ0) is 26.3. The number of ketones is 1. The van der Waals surface area contributed by atoms with Gasteiger partial charge in [-0.15, -0.1) is 11.3 Å². The normalized spacial score (nSPS) is 14.7. The summed E-state index contributed by atoms with van der Waals surface area (Å²) >= 11 is 1.41. The van der Waals surface area contributed by atoms with Gasteiger partial charge in [-0.3, -0.25) is 9.59 Å². The maximum absolute atomic E-state index is 15.0. The molecule has 0 bridgehead atoms. The first-order chi connectivity index (χ1) is 17.8. The number of aromatic nitrogens is 1. The van der Waals surface area contributed by atoms with E-state index in [9.17, 15) is 23.2 Å². The lowest BCUT2D eigenvalue weighted by molar-refractivity contribution is -0.125. The fraction of sp³-hybridized carbons (Fsp3) is 0.360. The van der Waals surface area contributed by atoms with Crippen LogP contribution >= 0.6 is 11.3 Å². The third kappa shape index (κ3) is 7.43. The number of carbonyl (C=O) groups excluding carboxylic acids is 3. The van der Waals surface area contributed by atoms with Gasteiger partial charge in [-0.25, -0.2) is 18.6 Å². The van der Waals surface area contributed by atoms with E-state index >= 15 is 0 Å². The smallest absolute Gasteiger partial charge is 0.318 e. The summed E-state index contributed by atoms with van der Waals surface area (Å²) in [5.74, 6) is -4.66. The van der Waals surface area contributed by atoms with Crippen LogP contribution in [0.1, 0.15) is 22.7 Å². The molecule has 0 spiro atoms. The second-order valence-electron chi connectivity index (χ2n) is 8.47. The predicted octanol–water partition coefficient (Wildman–Crippen LogP) is 3.38. The number of nitrogens with one attached hydrogen (secondary N) is 2. The lowest BCUT2D eigenvalue weighted by Gasteiger charge is -2.30. The van der Waals surface area contributed by atoms with Crippen molar-refractivity contribution in [3.63, 3.8) is 0 Å². The molecule has 0 radical (unpaired) electrons. The van der Waals surface area contributed by atoms with Crippen molar-refractivity contribution >= 4 is 29.1 Å². The number of urea groups is 1. The van der Waals surface area contributed by atoms with Crippen molar-refractivity contribution in [3.05, 3.63) is 65.5 Å². The highest BCUT2D eigenvalue weighted by molar-refractivity contribution is 7.13. The molecule has 37 heavy (non-hydrogen) atoms. The summed E-state index contributed by atoms with van der Waals surface area (Å²) in [6, 6.07) is 9.54. The Kier molecular flexibility index (Phi) is 8.62. The molecule has 2 aromatic heterocycles. The average molecular weight is 533 g/mol. The summed E-state index contributed by atoms with van der Waals surface area (Å²) in [6.45, 7) is 0.641. The Morgan fingerprint density at radius 1 is 1.11 bits per heavy atom. The molecule has 1 aliphatic heterocycles. The fourth-order valence-electron chi connectivity index (χ4n) is 3.78. The van der Waals surface area contributed by atoms with E-state index in [0.29, 0.717) is 24.5 Å². The van der Waals surface area contributed by atoms with E-state index < -0.39 is 49.1 Å². The number of ether oxygens (including phenoxy) is 1. The minimum atomic E-state index is -3.30. The molecule has 3 amide bonds. The summed E-state index contributed by atoms with van der Waals surface area (Å²) < 4.78 is 40.6. The summed E-state index contributed by atoms with van der Waals surface area (Å²) in [7, 11) is 0. The number of thiophene rings is 1. The van der Waals surface area contributed by atoms with Gasteiger partial charge in [0.2, 0.25) is 11.7 Å². The van der Waals surface area contributed by atoms with Crippen LogP contribution in [0.2, 0.25) is 0 Å². The summed E-state index contributed by atoms with van der Waals surface area (Å²) in [4.78, 5) is 44.2. The summed E-state index contributed by atoms with van der Waals surface area (Å²) in [5.41, 5.74) is 0.395.